The second-order valence-corrected chi connectivity index (χ2v) is 6.29. The molecule has 0 bridgehead atoms. The molecule has 0 unspecified atom stereocenters. The SMILES string of the molecule is CC1CCN(c2ncc(NC(=O)/C=C/c3ccccc3F)cn2)CC1. The van der Waals surface area contributed by atoms with Crippen molar-refractivity contribution in [2.75, 3.05) is 23.3 Å². The van der Waals surface area contributed by atoms with Gasteiger partial charge in [-0.2, -0.15) is 0 Å². The summed E-state index contributed by atoms with van der Waals surface area (Å²) in [5.41, 5.74) is 0.876. The number of amides is 1. The van der Waals surface area contributed by atoms with Gasteiger partial charge in [0.1, 0.15) is 5.82 Å². The Morgan fingerprint density at radius 1 is 1.24 bits per heavy atom. The molecule has 1 aromatic heterocycles. The fraction of sp³-hybridized carbons (Fsp3) is 0.316. The van der Waals surface area contributed by atoms with Gasteiger partial charge >= 0.3 is 0 Å². The van der Waals surface area contributed by atoms with Gasteiger partial charge in [-0.1, -0.05) is 25.1 Å². The van der Waals surface area contributed by atoms with Gasteiger partial charge in [0.25, 0.3) is 0 Å². The Morgan fingerprint density at radius 2 is 1.92 bits per heavy atom. The number of halogens is 1. The zero-order valence-corrected chi connectivity index (χ0v) is 14.2. The Balaban J connectivity index is 1.58. The van der Waals surface area contributed by atoms with Gasteiger partial charge in [-0.05, 0) is 30.9 Å². The summed E-state index contributed by atoms with van der Waals surface area (Å²) in [6, 6.07) is 6.28. The van der Waals surface area contributed by atoms with E-state index >= 15 is 0 Å². The summed E-state index contributed by atoms with van der Waals surface area (Å²) in [5, 5.41) is 2.68. The van der Waals surface area contributed by atoms with Crippen molar-refractivity contribution >= 4 is 23.6 Å². The Bertz CT molecular complexity index is 752. The lowest BCUT2D eigenvalue weighted by molar-refractivity contribution is -0.111. The van der Waals surface area contributed by atoms with E-state index in [0.717, 1.165) is 31.8 Å². The fourth-order valence-electron chi connectivity index (χ4n) is 2.72. The third kappa shape index (κ3) is 4.62. The van der Waals surface area contributed by atoms with Crippen LogP contribution in [-0.2, 0) is 4.79 Å². The van der Waals surface area contributed by atoms with Crippen LogP contribution >= 0.6 is 0 Å². The number of anilines is 2. The Labute approximate surface area is 146 Å². The van der Waals surface area contributed by atoms with E-state index in [1.807, 2.05) is 0 Å². The lowest BCUT2D eigenvalue weighted by atomic mass is 10.00. The quantitative estimate of drug-likeness (QED) is 0.866. The van der Waals surface area contributed by atoms with Crippen LogP contribution in [-0.4, -0.2) is 29.0 Å². The Hall–Kier alpha value is -2.76. The van der Waals surface area contributed by atoms with Crippen molar-refractivity contribution in [1.82, 2.24) is 9.97 Å². The van der Waals surface area contributed by atoms with Crippen molar-refractivity contribution in [2.45, 2.75) is 19.8 Å². The van der Waals surface area contributed by atoms with Gasteiger partial charge in [0, 0.05) is 24.7 Å². The molecule has 130 valence electrons. The van der Waals surface area contributed by atoms with Crippen LogP contribution in [0.25, 0.3) is 6.08 Å². The van der Waals surface area contributed by atoms with Crippen molar-refractivity contribution in [3.8, 4) is 0 Å². The maximum Gasteiger partial charge on any atom is 0.248 e. The standard InChI is InChI=1S/C19H21FN4O/c1-14-8-10-24(11-9-14)19-21-12-16(13-22-19)23-18(25)7-6-15-4-2-3-5-17(15)20/h2-7,12-14H,8-11H2,1H3,(H,23,25)/b7-6+. The normalized spacial score (nSPS) is 15.5. The highest BCUT2D eigenvalue weighted by atomic mass is 19.1. The average molecular weight is 340 g/mol. The number of nitrogens with zero attached hydrogens (tertiary/aromatic N) is 3. The van der Waals surface area contributed by atoms with E-state index in [2.05, 4.69) is 27.1 Å². The van der Waals surface area contributed by atoms with Crippen LogP contribution in [0.4, 0.5) is 16.0 Å². The van der Waals surface area contributed by atoms with Gasteiger partial charge < -0.3 is 10.2 Å². The number of piperidine rings is 1. The van der Waals surface area contributed by atoms with Gasteiger partial charge in [-0.15, -0.1) is 0 Å². The fourth-order valence-corrected chi connectivity index (χ4v) is 2.72. The van der Waals surface area contributed by atoms with E-state index < -0.39 is 0 Å². The van der Waals surface area contributed by atoms with Crippen LogP contribution in [0.1, 0.15) is 25.3 Å². The third-order valence-corrected chi connectivity index (χ3v) is 4.29. The van der Waals surface area contributed by atoms with Crippen molar-refractivity contribution < 1.29 is 9.18 Å². The monoisotopic (exact) mass is 340 g/mol. The van der Waals surface area contributed by atoms with Gasteiger partial charge in [0.2, 0.25) is 11.9 Å². The lowest BCUT2D eigenvalue weighted by Gasteiger charge is -2.30. The number of carbonyl (C=O) groups excluding carboxylic acids is 1. The minimum Gasteiger partial charge on any atom is -0.341 e. The molecule has 1 N–H and O–H groups in total. The number of nitrogens with one attached hydrogen (secondary N) is 1. The second kappa shape index (κ2) is 7.88. The number of hydrogen-bond acceptors (Lipinski definition) is 4. The van der Waals surface area contributed by atoms with E-state index in [-0.39, 0.29) is 11.7 Å². The summed E-state index contributed by atoms with van der Waals surface area (Å²) >= 11 is 0. The zero-order valence-electron chi connectivity index (χ0n) is 14.2. The molecule has 1 aliphatic heterocycles. The van der Waals surface area contributed by atoms with Crippen LogP contribution in [0, 0.1) is 11.7 Å². The highest BCUT2D eigenvalue weighted by molar-refractivity contribution is 6.01. The molecule has 1 amide bonds. The number of benzene rings is 1. The summed E-state index contributed by atoms with van der Waals surface area (Å²) in [6.45, 7) is 4.17. The summed E-state index contributed by atoms with van der Waals surface area (Å²) in [4.78, 5) is 22.7. The summed E-state index contributed by atoms with van der Waals surface area (Å²) in [5.74, 6) is 0.712. The van der Waals surface area contributed by atoms with Crippen LogP contribution in [0.15, 0.2) is 42.7 Å². The van der Waals surface area contributed by atoms with Crippen LogP contribution in [0.2, 0.25) is 0 Å². The molecule has 2 aromatic rings. The molecule has 3 rings (SSSR count). The first-order chi connectivity index (χ1) is 12.1. The molecule has 1 fully saturated rings. The zero-order chi connectivity index (χ0) is 17.6. The first-order valence-corrected chi connectivity index (χ1v) is 8.42. The third-order valence-electron chi connectivity index (χ3n) is 4.29. The Morgan fingerprint density at radius 3 is 2.60 bits per heavy atom. The summed E-state index contributed by atoms with van der Waals surface area (Å²) in [7, 11) is 0. The Kier molecular flexibility index (Phi) is 5.38. The van der Waals surface area contributed by atoms with Crippen LogP contribution < -0.4 is 10.2 Å². The van der Waals surface area contributed by atoms with E-state index in [0.29, 0.717) is 17.2 Å². The summed E-state index contributed by atoms with van der Waals surface area (Å²) < 4.78 is 13.5. The molecule has 2 heterocycles. The average Bonchev–Trinajstić information content (AvgIpc) is 2.62. The first-order valence-electron chi connectivity index (χ1n) is 8.42. The minimum absolute atomic E-state index is 0.355. The number of rotatable bonds is 4. The van der Waals surface area contributed by atoms with Crippen LogP contribution in [0.3, 0.4) is 0 Å². The van der Waals surface area contributed by atoms with E-state index in [4.69, 9.17) is 0 Å². The predicted molar refractivity (Wildman–Crippen MR) is 96.7 cm³/mol. The van der Waals surface area contributed by atoms with Gasteiger partial charge in [-0.3, -0.25) is 4.79 Å². The second-order valence-electron chi connectivity index (χ2n) is 6.29. The van der Waals surface area contributed by atoms with Gasteiger partial charge in [0.05, 0.1) is 18.1 Å². The van der Waals surface area contributed by atoms with E-state index in [1.54, 1.807) is 30.6 Å². The number of hydrogen-bond donors (Lipinski definition) is 1. The number of carbonyl (C=O) groups is 1. The van der Waals surface area contributed by atoms with Gasteiger partial charge in [-0.25, -0.2) is 14.4 Å². The van der Waals surface area contributed by atoms with Crippen molar-refractivity contribution in [3.63, 3.8) is 0 Å². The molecule has 0 saturated carbocycles. The molecule has 6 heteroatoms. The van der Waals surface area contributed by atoms with Crippen LogP contribution in [0.5, 0.6) is 0 Å². The molecular weight excluding hydrogens is 319 g/mol. The maximum absolute atomic E-state index is 13.5. The highest BCUT2D eigenvalue weighted by Gasteiger charge is 2.17. The molecule has 0 spiro atoms. The molecule has 1 aliphatic rings. The molecule has 5 nitrogen and oxygen atoms in total. The minimum atomic E-state index is -0.366. The molecule has 0 atom stereocenters. The topological polar surface area (TPSA) is 58.1 Å². The lowest BCUT2D eigenvalue weighted by Crippen LogP contribution is -2.34. The maximum atomic E-state index is 13.5. The smallest absolute Gasteiger partial charge is 0.248 e. The van der Waals surface area contributed by atoms with E-state index in [9.17, 15) is 9.18 Å². The molecule has 1 saturated heterocycles. The molecular formula is C19H21FN4O. The van der Waals surface area contributed by atoms with Gasteiger partial charge in [0.15, 0.2) is 0 Å². The predicted octanol–water partition coefficient (Wildman–Crippen LogP) is 3.50. The molecule has 1 aromatic carbocycles. The number of aromatic nitrogens is 2. The largest absolute Gasteiger partial charge is 0.341 e. The van der Waals surface area contributed by atoms with E-state index in [1.165, 1.54) is 18.2 Å². The molecule has 25 heavy (non-hydrogen) atoms. The molecule has 0 aliphatic carbocycles. The summed E-state index contributed by atoms with van der Waals surface area (Å²) in [6.07, 6.45) is 8.20. The van der Waals surface area contributed by atoms with Crippen molar-refractivity contribution in [2.24, 2.45) is 5.92 Å². The molecule has 0 radical (unpaired) electrons. The van der Waals surface area contributed by atoms with Crippen molar-refractivity contribution in [1.29, 1.82) is 0 Å². The first kappa shape index (κ1) is 17.1. The van der Waals surface area contributed by atoms with Crippen molar-refractivity contribution in [3.05, 3.63) is 54.1 Å². The highest BCUT2D eigenvalue weighted by Crippen LogP contribution is 2.20.